The Kier molecular flexibility index (Phi) is 6.21. The molecule has 0 bridgehead atoms. The first-order valence-corrected chi connectivity index (χ1v) is 7.31. The molecule has 0 heterocycles. The van der Waals surface area contributed by atoms with Gasteiger partial charge in [0, 0.05) is 23.0 Å². The molecule has 0 aliphatic heterocycles. The number of aliphatic carboxylic acids is 1. The molecule has 6 heteroatoms. The molecule has 0 aliphatic carbocycles. The number of carboxylic acid groups (broad SMARTS) is 1. The molecule has 0 saturated carbocycles. The Hall–Kier alpha value is -1.69. The van der Waals surface area contributed by atoms with Crippen LogP contribution in [0.5, 0.6) is 0 Å². The molecule has 2 atom stereocenters. The second-order valence-electron chi connectivity index (χ2n) is 4.15. The number of amides is 1. The van der Waals surface area contributed by atoms with E-state index in [1.165, 1.54) is 0 Å². The van der Waals surface area contributed by atoms with Crippen molar-refractivity contribution >= 4 is 22.7 Å². The lowest BCUT2D eigenvalue weighted by Gasteiger charge is -2.11. The molecule has 1 aromatic rings. The van der Waals surface area contributed by atoms with Gasteiger partial charge in [-0.15, -0.1) is 0 Å². The highest BCUT2D eigenvalue weighted by Gasteiger charge is 2.24. The fourth-order valence-corrected chi connectivity index (χ4v) is 2.95. The molecule has 0 aliphatic rings. The number of hydrogen-bond acceptors (Lipinski definition) is 3. The third kappa shape index (κ3) is 5.65. The number of aryl methyl sites for hydroxylation is 1. The van der Waals surface area contributed by atoms with Crippen LogP contribution in [0.15, 0.2) is 30.3 Å². The van der Waals surface area contributed by atoms with Crippen LogP contribution in [0.4, 0.5) is 0 Å². The minimum atomic E-state index is -1.58. The Morgan fingerprint density at radius 3 is 2.42 bits per heavy atom. The van der Waals surface area contributed by atoms with Crippen LogP contribution < -0.4 is 5.73 Å². The second-order valence-corrected chi connectivity index (χ2v) is 5.89. The van der Waals surface area contributed by atoms with Crippen molar-refractivity contribution in [3.05, 3.63) is 35.9 Å². The minimum absolute atomic E-state index is 0.00108. The standard InChI is InChI=1S/C13H17NO4S/c14-12(15)8-9-19(18)11(13(16)17)7-6-10-4-2-1-3-5-10/h1-5,11H,6-9H2,(H2,14,15)(H,16,17). The van der Waals surface area contributed by atoms with E-state index in [1.807, 2.05) is 30.3 Å². The highest BCUT2D eigenvalue weighted by atomic mass is 32.2. The van der Waals surface area contributed by atoms with E-state index in [2.05, 4.69) is 0 Å². The van der Waals surface area contributed by atoms with Gasteiger partial charge in [-0.1, -0.05) is 30.3 Å². The lowest BCUT2D eigenvalue weighted by Crippen LogP contribution is -2.29. The highest BCUT2D eigenvalue weighted by Crippen LogP contribution is 2.10. The summed E-state index contributed by atoms with van der Waals surface area (Å²) in [5.74, 6) is -1.67. The number of carboxylic acids is 1. The number of carbonyl (C=O) groups excluding carboxylic acids is 1. The van der Waals surface area contributed by atoms with Gasteiger partial charge >= 0.3 is 5.97 Å². The third-order valence-electron chi connectivity index (χ3n) is 2.68. The molecule has 2 unspecified atom stereocenters. The maximum Gasteiger partial charge on any atom is 0.319 e. The lowest BCUT2D eigenvalue weighted by molar-refractivity contribution is -0.136. The summed E-state index contributed by atoms with van der Waals surface area (Å²) in [4.78, 5) is 21.7. The van der Waals surface area contributed by atoms with Crippen molar-refractivity contribution in [2.45, 2.75) is 24.5 Å². The van der Waals surface area contributed by atoms with E-state index in [1.54, 1.807) is 0 Å². The van der Waals surface area contributed by atoms with Crippen molar-refractivity contribution in [1.82, 2.24) is 0 Å². The van der Waals surface area contributed by atoms with E-state index in [4.69, 9.17) is 10.8 Å². The Morgan fingerprint density at radius 1 is 1.26 bits per heavy atom. The van der Waals surface area contributed by atoms with E-state index in [0.29, 0.717) is 6.42 Å². The maximum absolute atomic E-state index is 11.8. The second kappa shape index (κ2) is 7.68. The summed E-state index contributed by atoms with van der Waals surface area (Å²) in [6.45, 7) is 0. The van der Waals surface area contributed by atoms with Crippen LogP contribution in [-0.2, 0) is 26.8 Å². The van der Waals surface area contributed by atoms with Crippen LogP contribution >= 0.6 is 0 Å². The van der Waals surface area contributed by atoms with Crippen LogP contribution in [0, 0.1) is 0 Å². The average molecular weight is 283 g/mol. The van der Waals surface area contributed by atoms with Gasteiger partial charge < -0.3 is 10.8 Å². The summed E-state index contributed by atoms with van der Waals surface area (Å²) in [5.41, 5.74) is 5.96. The fourth-order valence-electron chi connectivity index (χ4n) is 1.65. The summed E-state index contributed by atoms with van der Waals surface area (Å²) in [6, 6.07) is 9.41. The Labute approximate surface area is 114 Å². The predicted molar refractivity (Wildman–Crippen MR) is 73.0 cm³/mol. The van der Waals surface area contributed by atoms with Gasteiger partial charge in [0.1, 0.15) is 5.25 Å². The van der Waals surface area contributed by atoms with E-state index < -0.39 is 27.9 Å². The van der Waals surface area contributed by atoms with Gasteiger partial charge in [0.15, 0.2) is 0 Å². The molecule has 3 N–H and O–H groups in total. The van der Waals surface area contributed by atoms with Crippen LogP contribution in [0.25, 0.3) is 0 Å². The third-order valence-corrected chi connectivity index (χ3v) is 4.36. The van der Waals surface area contributed by atoms with Gasteiger partial charge in [-0.25, -0.2) is 0 Å². The van der Waals surface area contributed by atoms with Crippen LogP contribution in [0.3, 0.4) is 0 Å². The molecule has 5 nitrogen and oxygen atoms in total. The zero-order valence-electron chi connectivity index (χ0n) is 10.5. The zero-order valence-corrected chi connectivity index (χ0v) is 11.3. The quantitative estimate of drug-likeness (QED) is 0.733. The van der Waals surface area contributed by atoms with E-state index >= 15 is 0 Å². The summed E-state index contributed by atoms with van der Waals surface area (Å²) in [6.07, 6.45) is 0.770. The number of carbonyl (C=O) groups is 2. The van der Waals surface area contributed by atoms with Crippen molar-refractivity contribution in [2.75, 3.05) is 5.75 Å². The summed E-state index contributed by atoms with van der Waals surface area (Å²) >= 11 is 0. The largest absolute Gasteiger partial charge is 0.480 e. The Bertz CT molecular complexity index is 461. The lowest BCUT2D eigenvalue weighted by atomic mass is 10.1. The molecule has 0 saturated heterocycles. The van der Waals surface area contributed by atoms with Gasteiger partial charge in [-0.3, -0.25) is 13.8 Å². The number of nitrogens with two attached hydrogens (primary N) is 1. The molecule has 1 aromatic carbocycles. The van der Waals surface area contributed by atoms with Gasteiger partial charge in [0.2, 0.25) is 5.91 Å². The van der Waals surface area contributed by atoms with Crippen LogP contribution in [-0.4, -0.2) is 32.2 Å². The fraction of sp³-hybridized carbons (Fsp3) is 0.385. The molecule has 1 amide bonds. The van der Waals surface area contributed by atoms with E-state index in [-0.39, 0.29) is 18.6 Å². The minimum Gasteiger partial charge on any atom is -0.480 e. The molecular formula is C13H17NO4S. The number of rotatable bonds is 8. The van der Waals surface area contributed by atoms with Gasteiger partial charge in [-0.2, -0.15) is 0 Å². The number of benzene rings is 1. The van der Waals surface area contributed by atoms with E-state index in [0.717, 1.165) is 5.56 Å². The molecule has 0 aromatic heterocycles. The van der Waals surface area contributed by atoms with Crippen molar-refractivity contribution in [3.8, 4) is 0 Å². The molecule has 0 spiro atoms. The SMILES string of the molecule is NC(=O)CCS(=O)C(CCc1ccccc1)C(=O)O. The summed E-state index contributed by atoms with van der Waals surface area (Å²) in [7, 11) is -1.58. The van der Waals surface area contributed by atoms with E-state index in [9.17, 15) is 13.8 Å². The predicted octanol–water partition coefficient (Wildman–Crippen LogP) is 0.696. The first-order valence-electron chi connectivity index (χ1n) is 5.93. The van der Waals surface area contributed by atoms with Crippen LogP contribution in [0.2, 0.25) is 0 Å². The average Bonchev–Trinajstić information content (AvgIpc) is 2.37. The molecular weight excluding hydrogens is 266 g/mol. The first kappa shape index (κ1) is 15.4. The Morgan fingerprint density at radius 2 is 1.89 bits per heavy atom. The molecule has 0 radical (unpaired) electrons. The smallest absolute Gasteiger partial charge is 0.319 e. The van der Waals surface area contributed by atoms with Gasteiger partial charge in [0.25, 0.3) is 0 Å². The van der Waals surface area contributed by atoms with Gasteiger partial charge in [0.05, 0.1) is 0 Å². The zero-order chi connectivity index (χ0) is 14.3. The molecule has 0 fully saturated rings. The molecule has 19 heavy (non-hydrogen) atoms. The first-order chi connectivity index (χ1) is 9.00. The van der Waals surface area contributed by atoms with Crippen molar-refractivity contribution < 1.29 is 18.9 Å². The monoisotopic (exact) mass is 283 g/mol. The maximum atomic E-state index is 11.8. The summed E-state index contributed by atoms with van der Waals surface area (Å²) < 4.78 is 11.8. The molecule has 104 valence electrons. The Balaban J connectivity index is 2.55. The highest BCUT2D eigenvalue weighted by molar-refractivity contribution is 7.86. The van der Waals surface area contributed by atoms with Gasteiger partial charge in [-0.05, 0) is 18.4 Å². The van der Waals surface area contributed by atoms with Crippen molar-refractivity contribution in [3.63, 3.8) is 0 Å². The van der Waals surface area contributed by atoms with Crippen molar-refractivity contribution in [1.29, 1.82) is 0 Å². The summed E-state index contributed by atoms with van der Waals surface area (Å²) in [5, 5.41) is 8.12. The topological polar surface area (TPSA) is 97.5 Å². The van der Waals surface area contributed by atoms with Crippen molar-refractivity contribution in [2.24, 2.45) is 5.73 Å². The van der Waals surface area contributed by atoms with Crippen LogP contribution in [0.1, 0.15) is 18.4 Å². The normalized spacial score (nSPS) is 13.7. The molecule has 1 rings (SSSR count). The number of hydrogen-bond donors (Lipinski definition) is 2. The number of primary amides is 1.